The molecule has 17 heavy (non-hydrogen) atoms. The number of nitrogens with zero attached hydrogens (tertiary/aromatic N) is 2. The van der Waals surface area contributed by atoms with Crippen molar-refractivity contribution < 1.29 is 9.53 Å². The van der Waals surface area contributed by atoms with Crippen molar-refractivity contribution in [2.75, 3.05) is 11.9 Å². The highest BCUT2D eigenvalue weighted by Gasteiger charge is 2.24. The molecule has 0 spiro atoms. The first kappa shape index (κ1) is 12.1. The highest BCUT2D eigenvalue weighted by molar-refractivity contribution is 5.94. The smallest absolute Gasteiger partial charge is 0.253 e. The van der Waals surface area contributed by atoms with Crippen molar-refractivity contribution in [1.29, 1.82) is 0 Å². The largest absolute Gasteiger partial charge is 0.368 e. The van der Waals surface area contributed by atoms with Crippen LogP contribution in [0, 0.1) is 0 Å². The Bertz CT molecular complexity index is 400. The molecule has 0 aliphatic carbocycles. The van der Waals surface area contributed by atoms with Crippen LogP contribution in [0.1, 0.15) is 33.6 Å². The fourth-order valence-corrected chi connectivity index (χ4v) is 1.76. The number of rotatable bonds is 2. The third-order valence-corrected chi connectivity index (χ3v) is 2.76. The molecule has 1 aliphatic rings. The Kier molecular flexibility index (Phi) is 3.19. The Balaban J connectivity index is 1.99. The van der Waals surface area contributed by atoms with Crippen molar-refractivity contribution in [1.82, 2.24) is 9.78 Å². The molecule has 1 atom stereocenters. The molecule has 5 heteroatoms. The van der Waals surface area contributed by atoms with E-state index >= 15 is 0 Å². The topological polar surface area (TPSA) is 56.2 Å². The number of carbonyl (C=O) groups excluding carboxylic acids is 1. The molecule has 1 aromatic heterocycles. The number of hydrogen-bond acceptors (Lipinski definition) is 3. The SMILES string of the molecule is CC(C)(C)n1cc(NC(=O)C2CCCO2)cn1. The number of amides is 1. The van der Waals surface area contributed by atoms with Gasteiger partial charge in [-0.25, -0.2) is 0 Å². The molecular formula is C12H19N3O2. The monoisotopic (exact) mass is 237 g/mol. The van der Waals surface area contributed by atoms with Gasteiger partial charge in [0.2, 0.25) is 0 Å². The van der Waals surface area contributed by atoms with E-state index in [9.17, 15) is 4.79 Å². The first-order chi connectivity index (χ1) is 7.97. The van der Waals surface area contributed by atoms with E-state index in [1.807, 2.05) is 10.9 Å². The van der Waals surface area contributed by atoms with E-state index in [0.29, 0.717) is 6.61 Å². The molecule has 0 radical (unpaired) electrons. The molecule has 0 saturated carbocycles. The first-order valence-corrected chi connectivity index (χ1v) is 5.94. The Morgan fingerprint density at radius 1 is 1.59 bits per heavy atom. The lowest BCUT2D eigenvalue weighted by molar-refractivity contribution is -0.124. The summed E-state index contributed by atoms with van der Waals surface area (Å²) in [6, 6.07) is 0. The average molecular weight is 237 g/mol. The molecule has 2 rings (SSSR count). The predicted octanol–water partition coefficient (Wildman–Crippen LogP) is 1.76. The zero-order chi connectivity index (χ0) is 12.5. The quantitative estimate of drug-likeness (QED) is 0.852. The minimum absolute atomic E-state index is 0.0732. The van der Waals surface area contributed by atoms with Gasteiger partial charge < -0.3 is 10.1 Å². The maximum Gasteiger partial charge on any atom is 0.253 e. The number of carbonyl (C=O) groups is 1. The van der Waals surface area contributed by atoms with E-state index < -0.39 is 0 Å². The third-order valence-electron chi connectivity index (χ3n) is 2.76. The molecule has 1 saturated heterocycles. The van der Waals surface area contributed by atoms with Crippen LogP contribution in [0.2, 0.25) is 0 Å². The zero-order valence-electron chi connectivity index (χ0n) is 10.6. The van der Waals surface area contributed by atoms with Crippen LogP contribution in [-0.2, 0) is 15.1 Å². The standard InChI is InChI=1S/C12H19N3O2/c1-12(2,3)15-8-9(7-13-15)14-11(16)10-5-4-6-17-10/h7-8,10H,4-6H2,1-3H3,(H,14,16). The van der Waals surface area contributed by atoms with Crippen LogP contribution in [0.25, 0.3) is 0 Å². The van der Waals surface area contributed by atoms with Crippen LogP contribution < -0.4 is 5.32 Å². The minimum atomic E-state index is -0.298. The van der Waals surface area contributed by atoms with Crippen LogP contribution in [0.15, 0.2) is 12.4 Å². The van der Waals surface area contributed by atoms with Crippen LogP contribution in [0.5, 0.6) is 0 Å². The van der Waals surface area contributed by atoms with Gasteiger partial charge >= 0.3 is 0 Å². The first-order valence-electron chi connectivity index (χ1n) is 5.94. The average Bonchev–Trinajstić information content (AvgIpc) is 2.85. The third kappa shape index (κ3) is 2.85. The second-order valence-corrected chi connectivity index (χ2v) is 5.34. The van der Waals surface area contributed by atoms with Crippen LogP contribution >= 0.6 is 0 Å². The lowest BCUT2D eigenvalue weighted by Crippen LogP contribution is -2.26. The Hall–Kier alpha value is -1.36. The van der Waals surface area contributed by atoms with E-state index in [-0.39, 0.29) is 17.6 Å². The summed E-state index contributed by atoms with van der Waals surface area (Å²) < 4.78 is 7.15. The summed E-state index contributed by atoms with van der Waals surface area (Å²) >= 11 is 0. The van der Waals surface area contributed by atoms with Crippen molar-refractivity contribution in [3.63, 3.8) is 0 Å². The second-order valence-electron chi connectivity index (χ2n) is 5.34. The van der Waals surface area contributed by atoms with Gasteiger partial charge in [-0.1, -0.05) is 0 Å². The van der Waals surface area contributed by atoms with Gasteiger partial charge in [0.25, 0.3) is 5.91 Å². The lowest BCUT2D eigenvalue weighted by atomic mass is 10.1. The molecule has 0 bridgehead atoms. The maximum absolute atomic E-state index is 11.8. The molecule has 1 fully saturated rings. The van der Waals surface area contributed by atoms with Crippen molar-refractivity contribution >= 4 is 11.6 Å². The summed E-state index contributed by atoms with van der Waals surface area (Å²) in [7, 11) is 0. The second kappa shape index (κ2) is 4.49. The highest BCUT2D eigenvalue weighted by atomic mass is 16.5. The Morgan fingerprint density at radius 3 is 2.88 bits per heavy atom. The molecule has 1 unspecified atom stereocenters. The van der Waals surface area contributed by atoms with E-state index in [1.54, 1.807) is 6.20 Å². The fraction of sp³-hybridized carbons (Fsp3) is 0.667. The molecule has 0 aromatic carbocycles. The van der Waals surface area contributed by atoms with Gasteiger partial charge in [0.15, 0.2) is 0 Å². The molecule has 1 aromatic rings. The summed E-state index contributed by atoms with van der Waals surface area (Å²) in [5, 5.41) is 7.06. The van der Waals surface area contributed by atoms with Crippen molar-refractivity contribution in [3.05, 3.63) is 12.4 Å². The summed E-state index contributed by atoms with van der Waals surface area (Å²) in [6.07, 6.45) is 4.97. The summed E-state index contributed by atoms with van der Waals surface area (Å²) in [5.74, 6) is -0.0732. The minimum Gasteiger partial charge on any atom is -0.368 e. The number of nitrogens with one attached hydrogen (secondary N) is 1. The molecule has 2 heterocycles. The molecular weight excluding hydrogens is 218 g/mol. The molecule has 1 amide bonds. The summed E-state index contributed by atoms with van der Waals surface area (Å²) in [5.41, 5.74) is 0.646. The van der Waals surface area contributed by atoms with Gasteiger partial charge in [-0.3, -0.25) is 9.48 Å². The molecule has 1 aliphatic heterocycles. The van der Waals surface area contributed by atoms with Gasteiger partial charge in [0, 0.05) is 12.8 Å². The van der Waals surface area contributed by atoms with Gasteiger partial charge in [0.1, 0.15) is 6.10 Å². The summed E-state index contributed by atoms with van der Waals surface area (Å²) in [4.78, 5) is 11.8. The van der Waals surface area contributed by atoms with Crippen molar-refractivity contribution in [3.8, 4) is 0 Å². The number of anilines is 1. The molecule has 5 nitrogen and oxygen atoms in total. The van der Waals surface area contributed by atoms with Gasteiger partial charge in [0.05, 0.1) is 17.4 Å². The Labute approximate surface area is 101 Å². The maximum atomic E-state index is 11.8. The highest BCUT2D eigenvalue weighted by Crippen LogP contribution is 2.18. The van der Waals surface area contributed by atoms with Gasteiger partial charge in [-0.15, -0.1) is 0 Å². The van der Waals surface area contributed by atoms with E-state index in [4.69, 9.17) is 4.74 Å². The van der Waals surface area contributed by atoms with Crippen molar-refractivity contribution in [2.24, 2.45) is 0 Å². The number of aromatic nitrogens is 2. The molecule has 1 N–H and O–H groups in total. The van der Waals surface area contributed by atoms with E-state index in [2.05, 4.69) is 31.2 Å². The van der Waals surface area contributed by atoms with E-state index in [1.165, 1.54) is 0 Å². The van der Waals surface area contributed by atoms with Crippen molar-refractivity contribution in [2.45, 2.75) is 45.3 Å². The fourth-order valence-electron chi connectivity index (χ4n) is 1.76. The van der Waals surface area contributed by atoms with E-state index in [0.717, 1.165) is 18.5 Å². The summed E-state index contributed by atoms with van der Waals surface area (Å²) in [6.45, 7) is 6.86. The predicted molar refractivity (Wildman–Crippen MR) is 64.8 cm³/mol. The number of hydrogen-bond donors (Lipinski definition) is 1. The number of ether oxygens (including phenoxy) is 1. The lowest BCUT2D eigenvalue weighted by Gasteiger charge is -2.18. The van der Waals surface area contributed by atoms with Gasteiger partial charge in [-0.2, -0.15) is 5.10 Å². The van der Waals surface area contributed by atoms with Crippen LogP contribution in [0.3, 0.4) is 0 Å². The zero-order valence-corrected chi connectivity index (χ0v) is 10.6. The molecule has 94 valence electrons. The normalized spacial score (nSPS) is 20.5. The van der Waals surface area contributed by atoms with Crippen LogP contribution in [0.4, 0.5) is 5.69 Å². The van der Waals surface area contributed by atoms with Crippen LogP contribution in [-0.4, -0.2) is 28.4 Å². The van der Waals surface area contributed by atoms with Gasteiger partial charge in [-0.05, 0) is 33.6 Å². The Morgan fingerprint density at radius 2 is 2.35 bits per heavy atom.